The fraction of sp³-hybridized carbons (Fsp3) is 0.391. The quantitative estimate of drug-likeness (QED) is 0.599. The minimum atomic E-state index is -3.67. The molecule has 0 aliphatic carbocycles. The van der Waals surface area contributed by atoms with Crippen LogP contribution in [-0.2, 0) is 5.92 Å². The zero-order chi connectivity index (χ0) is 23.2. The summed E-state index contributed by atoms with van der Waals surface area (Å²) >= 11 is 0. The predicted octanol–water partition coefficient (Wildman–Crippen LogP) is 4.55. The van der Waals surface area contributed by atoms with Crippen molar-refractivity contribution in [1.82, 2.24) is 9.97 Å². The SMILES string of the molecule is Cc1nc(N[C@H](C)c2cccc(C(F)(F)CO)c2F)c2cc3c(cc2n1)O[C@@H](C)CN3C. The number of likely N-dealkylation sites (N-methyl/N-ethyl adjacent to an activating group) is 1. The van der Waals surface area contributed by atoms with Gasteiger partial charge in [-0.25, -0.2) is 14.4 Å². The summed E-state index contributed by atoms with van der Waals surface area (Å²) in [6.45, 7) is 4.66. The van der Waals surface area contributed by atoms with Gasteiger partial charge in [-0.05, 0) is 32.9 Å². The monoisotopic (exact) mass is 446 g/mol. The molecule has 0 unspecified atom stereocenters. The van der Waals surface area contributed by atoms with Crippen molar-refractivity contribution in [3.8, 4) is 5.75 Å². The van der Waals surface area contributed by atoms with E-state index in [9.17, 15) is 13.2 Å². The molecule has 0 bridgehead atoms. The molecule has 0 saturated carbocycles. The third-order valence-corrected chi connectivity index (χ3v) is 5.60. The van der Waals surface area contributed by atoms with Gasteiger partial charge in [-0.1, -0.05) is 12.1 Å². The summed E-state index contributed by atoms with van der Waals surface area (Å²) in [5, 5.41) is 12.8. The molecule has 0 fully saturated rings. The van der Waals surface area contributed by atoms with Crippen molar-refractivity contribution in [2.24, 2.45) is 0 Å². The number of aryl methyl sites for hydroxylation is 1. The number of hydrogen-bond acceptors (Lipinski definition) is 6. The average Bonchev–Trinajstić information content (AvgIpc) is 2.72. The van der Waals surface area contributed by atoms with Crippen LogP contribution in [0.5, 0.6) is 5.75 Å². The molecule has 0 spiro atoms. The third-order valence-electron chi connectivity index (χ3n) is 5.60. The van der Waals surface area contributed by atoms with E-state index >= 15 is 0 Å². The molecule has 32 heavy (non-hydrogen) atoms. The van der Waals surface area contributed by atoms with Crippen LogP contribution >= 0.6 is 0 Å². The summed E-state index contributed by atoms with van der Waals surface area (Å²) in [5.41, 5.74) is 0.758. The van der Waals surface area contributed by atoms with Crippen molar-refractivity contribution >= 4 is 22.4 Å². The van der Waals surface area contributed by atoms with Crippen LogP contribution in [0.2, 0.25) is 0 Å². The molecule has 6 nitrogen and oxygen atoms in total. The number of halogens is 3. The van der Waals surface area contributed by atoms with Gasteiger partial charge >= 0.3 is 0 Å². The van der Waals surface area contributed by atoms with E-state index in [1.165, 1.54) is 12.1 Å². The Morgan fingerprint density at radius 2 is 2.06 bits per heavy atom. The Morgan fingerprint density at radius 1 is 1.31 bits per heavy atom. The molecule has 2 heterocycles. The molecule has 1 aliphatic heterocycles. The lowest BCUT2D eigenvalue weighted by Gasteiger charge is -2.32. The first kappa shape index (κ1) is 22.1. The number of nitrogens with one attached hydrogen (secondary N) is 1. The van der Waals surface area contributed by atoms with Crippen molar-refractivity contribution in [1.29, 1.82) is 0 Å². The largest absolute Gasteiger partial charge is 0.487 e. The molecule has 170 valence electrons. The maximum absolute atomic E-state index is 14.9. The molecule has 1 aromatic heterocycles. The number of aliphatic hydroxyl groups is 1. The molecule has 2 atom stereocenters. The van der Waals surface area contributed by atoms with E-state index in [2.05, 4.69) is 20.2 Å². The second-order valence-corrected chi connectivity index (χ2v) is 8.20. The first-order valence-corrected chi connectivity index (χ1v) is 10.3. The van der Waals surface area contributed by atoms with Crippen molar-refractivity contribution in [2.45, 2.75) is 38.8 Å². The minimum Gasteiger partial charge on any atom is -0.487 e. The average molecular weight is 446 g/mol. The first-order valence-electron chi connectivity index (χ1n) is 10.3. The Hall–Kier alpha value is -3.07. The number of anilines is 2. The van der Waals surface area contributed by atoms with Crippen molar-refractivity contribution in [3.63, 3.8) is 0 Å². The third kappa shape index (κ3) is 3.92. The molecule has 0 amide bonds. The number of hydrogen-bond donors (Lipinski definition) is 2. The summed E-state index contributed by atoms with van der Waals surface area (Å²) in [5.74, 6) is -3.03. The summed E-state index contributed by atoms with van der Waals surface area (Å²) in [6.07, 6.45) is 0.0396. The Balaban J connectivity index is 1.75. The zero-order valence-corrected chi connectivity index (χ0v) is 18.3. The van der Waals surface area contributed by atoms with Gasteiger partial charge in [-0.2, -0.15) is 8.78 Å². The van der Waals surface area contributed by atoms with E-state index in [1.54, 1.807) is 13.8 Å². The molecule has 0 radical (unpaired) electrons. The van der Waals surface area contributed by atoms with Crippen LogP contribution < -0.4 is 15.0 Å². The van der Waals surface area contributed by atoms with Gasteiger partial charge in [0.25, 0.3) is 5.92 Å². The molecular formula is C23H25F3N4O2. The van der Waals surface area contributed by atoms with E-state index in [4.69, 9.17) is 9.84 Å². The Bertz CT molecular complexity index is 1170. The highest BCUT2D eigenvalue weighted by molar-refractivity contribution is 5.94. The van der Waals surface area contributed by atoms with Crippen LogP contribution in [0.3, 0.4) is 0 Å². The van der Waals surface area contributed by atoms with Gasteiger partial charge in [0, 0.05) is 24.1 Å². The number of rotatable bonds is 5. The molecule has 4 rings (SSSR count). The van der Waals surface area contributed by atoms with Gasteiger partial charge in [0.2, 0.25) is 0 Å². The van der Waals surface area contributed by atoms with Crippen LogP contribution in [0.1, 0.15) is 36.8 Å². The van der Waals surface area contributed by atoms with Crippen molar-refractivity contribution in [2.75, 3.05) is 30.4 Å². The smallest absolute Gasteiger partial charge is 0.298 e. The van der Waals surface area contributed by atoms with E-state index in [1.807, 2.05) is 26.1 Å². The number of aliphatic hydroxyl groups excluding tert-OH is 1. The van der Waals surface area contributed by atoms with Gasteiger partial charge in [0.15, 0.2) is 0 Å². The summed E-state index contributed by atoms with van der Waals surface area (Å²) in [7, 11) is 1.97. The van der Waals surface area contributed by atoms with Gasteiger partial charge in [-0.3, -0.25) is 0 Å². The lowest BCUT2D eigenvalue weighted by molar-refractivity contribution is -0.0583. The Labute approximate surface area is 184 Å². The second kappa shape index (κ2) is 8.12. The number of benzene rings is 2. The van der Waals surface area contributed by atoms with Gasteiger partial charge < -0.3 is 20.1 Å². The van der Waals surface area contributed by atoms with E-state index < -0.39 is 30.0 Å². The molecule has 0 saturated heterocycles. The molecule has 1 aliphatic rings. The second-order valence-electron chi connectivity index (χ2n) is 8.20. The van der Waals surface area contributed by atoms with Gasteiger partial charge in [-0.15, -0.1) is 0 Å². The van der Waals surface area contributed by atoms with E-state index in [-0.39, 0.29) is 11.7 Å². The van der Waals surface area contributed by atoms with E-state index in [0.29, 0.717) is 22.5 Å². The van der Waals surface area contributed by atoms with Crippen molar-refractivity contribution < 1.29 is 23.0 Å². The molecule has 3 aromatic rings. The number of fused-ring (bicyclic) bond motifs is 2. The maximum Gasteiger partial charge on any atom is 0.298 e. The van der Waals surface area contributed by atoms with Crippen LogP contribution in [0.4, 0.5) is 24.7 Å². The number of nitrogens with zero attached hydrogens (tertiary/aromatic N) is 3. The highest BCUT2D eigenvalue weighted by atomic mass is 19.3. The number of aromatic nitrogens is 2. The van der Waals surface area contributed by atoms with Crippen LogP contribution in [0.15, 0.2) is 30.3 Å². The molecule has 9 heteroatoms. The Kier molecular flexibility index (Phi) is 5.62. The topological polar surface area (TPSA) is 70.5 Å². The van der Waals surface area contributed by atoms with E-state index in [0.717, 1.165) is 24.0 Å². The summed E-state index contributed by atoms with van der Waals surface area (Å²) in [4.78, 5) is 11.1. The van der Waals surface area contributed by atoms with Crippen molar-refractivity contribution in [3.05, 3.63) is 53.1 Å². The molecular weight excluding hydrogens is 421 g/mol. The predicted molar refractivity (Wildman–Crippen MR) is 117 cm³/mol. The molecule has 2 N–H and O–H groups in total. The zero-order valence-electron chi connectivity index (χ0n) is 18.3. The summed E-state index contributed by atoms with van der Waals surface area (Å²) in [6, 6.07) is 6.86. The fourth-order valence-electron chi connectivity index (χ4n) is 4.04. The standard InChI is InChI=1S/C23H25F3N4O2/c1-12-10-30(4)19-8-16-18(9-20(19)32-12)28-14(3)29-22(16)27-13(2)15-6-5-7-17(21(15)24)23(25,26)11-31/h5-9,12-13,31H,10-11H2,1-4H3,(H,27,28,29)/t12-,13+/m0/s1. The normalized spacial score (nSPS) is 17.1. The van der Waals surface area contributed by atoms with Gasteiger partial charge in [0.05, 0.1) is 29.4 Å². The molecule has 2 aromatic carbocycles. The minimum absolute atomic E-state index is 0.0396. The lowest BCUT2D eigenvalue weighted by atomic mass is 10.00. The number of ether oxygens (including phenoxy) is 1. The van der Waals surface area contributed by atoms with Crippen LogP contribution in [0, 0.1) is 12.7 Å². The van der Waals surface area contributed by atoms with Crippen LogP contribution in [0.25, 0.3) is 10.9 Å². The first-order chi connectivity index (χ1) is 15.1. The highest BCUT2D eigenvalue weighted by Crippen LogP contribution is 2.39. The number of alkyl halides is 2. The lowest BCUT2D eigenvalue weighted by Crippen LogP contribution is -2.35. The van der Waals surface area contributed by atoms with Crippen LogP contribution in [-0.4, -0.2) is 41.4 Å². The Morgan fingerprint density at radius 3 is 2.78 bits per heavy atom. The summed E-state index contributed by atoms with van der Waals surface area (Å²) < 4.78 is 48.8. The maximum atomic E-state index is 14.9. The fourth-order valence-corrected chi connectivity index (χ4v) is 4.04. The van der Waals surface area contributed by atoms with Gasteiger partial charge in [0.1, 0.15) is 35.9 Å². The highest BCUT2D eigenvalue weighted by Gasteiger charge is 2.35.